The molecule has 0 aliphatic carbocycles. The molecule has 5 heteroatoms. The first-order chi connectivity index (χ1) is 7.74. The van der Waals surface area contributed by atoms with Gasteiger partial charge in [-0.3, -0.25) is 0 Å². The highest BCUT2D eigenvalue weighted by Gasteiger charge is 2.03. The molecule has 2 heterocycles. The summed E-state index contributed by atoms with van der Waals surface area (Å²) in [7, 11) is 0. The summed E-state index contributed by atoms with van der Waals surface area (Å²) in [5.74, 6) is 0.784. The Balaban J connectivity index is 2.03. The fourth-order valence-corrected chi connectivity index (χ4v) is 1.50. The molecule has 0 fully saturated rings. The number of hydrogen-bond acceptors (Lipinski definition) is 4. The van der Waals surface area contributed by atoms with Gasteiger partial charge in [-0.1, -0.05) is 0 Å². The van der Waals surface area contributed by atoms with Crippen molar-refractivity contribution in [2.24, 2.45) is 5.73 Å². The van der Waals surface area contributed by atoms with Crippen molar-refractivity contribution in [3.05, 3.63) is 42.5 Å². The molecule has 0 amide bonds. The average Bonchev–Trinajstić information content (AvgIpc) is 2.66. The number of imidazole rings is 1. The van der Waals surface area contributed by atoms with E-state index in [0.29, 0.717) is 6.54 Å². The van der Waals surface area contributed by atoms with Crippen LogP contribution >= 0.6 is 0 Å². The van der Waals surface area contributed by atoms with E-state index in [1.54, 1.807) is 24.8 Å². The topological polar surface area (TPSA) is 69.6 Å². The van der Waals surface area contributed by atoms with Gasteiger partial charge in [0, 0.05) is 31.1 Å². The van der Waals surface area contributed by atoms with Gasteiger partial charge < -0.3 is 10.3 Å². The van der Waals surface area contributed by atoms with E-state index >= 15 is 0 Å². The van der Waals surface area contributed by atoms with Gasteiger partial charge in [-0.25, -0.2) is 15.0 Å². The minimum Gasteiger partial charge on any atom is -0.330 e. The van der Waals surface area contributed by atoms with Gasteiger partial charge >= 0.3 is 0 Å². The Morgan fingerprint density at radius 3 is 2.75 bits per heavy atom. The van der Waals surface area contributed by atoms with Gasteiger partial charge in [0.1, 0.15) is 5.82 Å². The van der Waals surface area contributed by atoms with Crippen molar-refractivity contribution in [1.82, 2.24) is 19.5 Å². The van der Waals surface area contributed by atoms with E-state index in [0.717, 1.165) is 17.9 Å². The van der Waals surface area contributed by atoms with Gasteiger partial charge in [0.15, 0.2) is 0 Å². The predicted octanol–water partition coefficient (Wildman–Crippen LogP) is 0.611. The Morgan fingerprint density at radius 1 is 1.31 bits per heavy atom. The molecule has 0 aliphatic heterocycles. The molecule has 0 aliphatic rings. The summed E-state index contributed by atoms with van der Waals surface area (Å²) >= 11 is 0. The largest absolute Gasteiger partial charge is 0.330 e. The van der Waals surface area contributed by atoms with Gasteiger partial charge in [0.05, 0.1) is 18.6 Å². The van der Waals surface area contributed by atoms with E-state index in [1.165, 1.54) is 0 Å². The highest BCUT2D eigenvalue weighted by molar-refractivity contribution is 5.00. The van der Waals surface area contributed by atoms with Crippen LogP contribution < -0.4 is 5.73 Å². The van der Waals surface area contributed by atoms with Crippen LogP contribution in [-0.2, 0) is 13.0 Å². The Bertz CT molecular complexity index is 435. The van der Waals surface area contributed by atoms with Gasteiger partial charge in [-0.15, -0.1) is 0 Å². The van der Waals surface area contributed by atoms with Crippen molar-refractivity contribution in [3.63, 3.8) is 0 Å². The number of nitrogens with zero attached hydrogens (tertiary/aromatic N) is 4. The third-order valence-electron chi connectivity index (χ3n) is 2.16. The van der Waals surface area contributed by atoms with E-state index < -0.39 is 0 Å². The van der Waals surface area contributed by atoms with E-state index in [4.69, 9.17) is 5.73 Å². The standard InChI is InChI=1S/C11H15N5/c1-9(12)5-10-6-16(8-15-10)7-11-13-3-2-4-14-11/h2-4,6,8-9H,5,7,12H2,1H3. The second kappa shape index (κ2) is 4.85. The molecule has 2 rings (SSSR count). The minimum atomic E-state index is 0.135. The van der Waals surface area contributed by atoms with Gasteiger partial charge in [-0.05, 0) is 13.0 Å². The van der Waals surface area contributed by atoms with Crippen LogP contribution in [-0.4, -0.2) is 25.6 Å². The van der Waals surface area contributed by atoms with Crippen molar-refractivity contribution >= 4 is 0 Å². The normalized spacial score (nSPS) is 12.6. The lowest BCUT2D eigenvalue weighted by Crippen LogP contribution is -2.17. The Labute approximate surface area is 94.4 Å². The lowest BCUT2D eigenvalue weighted by Gasteiger charge is -2.01. The van der Waals surface area contributed by atoms with Crippen molar-refractivity contribution < 1.29 is 0 Å². The molecule has 2 aromatic heterocycles. The molecule has 0 radical (unpaired) electrons. The summed E-state index contributed by atoms with van der Waals surface area (Å²) in [5, 5.41) is 0. The molecule has 1 atom stereocenters. The van der Waals surface area contributed by atoms with E-state index in [9.17, 15) is 0 Å². The van der Waals surface area contributed by atoms with Crippen LogP contribution in [0.15, 0.2) is 31.0 Å². The van der Waals surface area contributed by atoms with Gasteiger partial charge in [-0.2, -0.15) is 0 Å². The lowest BCUT2D eigenvalue weighted by molar-refractivity contribution is 0.719. The van der Waals surface area contributed by atoms with E-state index in [1.807, 2.05) is 17.7 Å². The molecule has 16 heavy (non-hydrogen) atoms. The predicted molar refractivity (Wildman–Crippen MR) is 60.7 cm³/mol. The third kappa shape index (κ3) is 2.87. The highest BCUT2D eigenvalue weighted by atomic mass is 15.1. The number of hydrogen-bond donors (Lipinski definition) is 1. The first-order valence-corrected chi connectivity index (χ1v) is 5.26. The quantitative estimate of drug-likeness (QED) is 0.814. The smallest absolute Gasteiger partial charge is 0.147 e. The highest BCUT2D eigenvalue weighted by Crippen LogP contribution is 2.01. The van der Waals surface area contributed by atoms with Crippen molar-refractivity contribution in [2.45, 2.75) is 25.9 Å². The molecule has 0 spiro atoms. The Morgan fingerprint density at radius 2 is 2.06 bits per heavy atom. The molecule has 1 unspecified atom stereocenters. The Hall–Kier alpha value is -1.75. The van der Waals surface area contributed by atoms with Gasteiger partial charge in [0.25, 0.3) is 0 Å². The maximum absolute atomic E-state index is 5.71. The SMILES string of the molecule is CC(N)Cc1cn(Cc2ncccn2)cn1. The van der Waals surface area contributed by atoms with Crippen molar-refractivity contribution in [1.29, 1.82) is 0 Å². The zero-order valence-corrected chi connectivity index (χ0v) is 9.24. The summed E-state index contributed by atoms with van der Waals surface area (Å²) in [6, 6.07) is 1.94. The van der Waals surface area contributed by atoms with Crippen LogP contribution in [0.4, 0.5) is 0 Å². The fourth-order valence-electron chi connectivity index (χ4n) is 1.50. The van der Waals surface area contributed by atoms with Gasteiger partial charge in [0.2, 0.25) is 0 Å². The molecule has 0 aromatic carbocycles. The fraction of sp³-hybridized carbons (Fsp3) is 0.364. The molecular weight excluding hydrogens is 202 g/mol. The summed E-state index contributed by atoms with van der Waals surface area (Å²) in [4.78, 5) is 12.6. The molecule has 0 bridgehead atoms. The van der Waals surface area contributed by atoms with Crippen LogP contribution in [0.5, 0.6) is 0 Å². The number of nitrogens with two attached hydrogens (primary N) is 1. The number of aromatic nitrogens is 4. The molecule has 2 N–H and O–H groups in total. The molecule has 0 saturated heterocycles. The first-order valence-electron chi connectivity index (χ1n) is 5.26. The summed E-state index contributed by atoms with van der Waals surface area (Å²) < 4.78 is 1.97. The Kier molecular flexibility index (Phi) is 3.26. The van der Waals surface area contributed by atoms with Crippen molar-refractivity contribution in [2.75, 3.05) is 0 Å². The van der Waals surface area contributed by atoms with Crippen molar-refractivity contribution in [3.8, 4) is 0 Å². The molecule has 0 saturated carbocycles. The zero-order valence-electron chi connectivity index (χ0n) is 9.24. The molecule has 84 valence electrons. The first kappa shape index (κ1) is 10.8. The second-order valence-corrected chi connectivity index (χ2v) is 3.88. The maximum atomic E-state index is 5.71. The summed E-state index contributed by atoms with van der Waals surface area (Å²) in [6.07, 6.45) is 8.04. The monoisotopic (exact) mass is 217 g/mol. The minimum absolute atomic E-state index is 0.135. The third-order valence-corrected chi connectivity index (χ3v) is 2.16. The van der Waals surface area contributed by atoms with Crippen LogP contribution in [0, 0.1) is 0 Å². The zero-order chi connectivity index (χ0) is 11.4. The van der Waals surface area contributed by atoms with Crippen LogP contribution in [0.2, 0.25) is 0 Å². The molecular formula is C11H15N5. The lowest BCUT2D eigenvalue weighted by atomic mass is 10.2. The second-order valence-electron chi connectivity index (χ2n) is 3.88. The maximum Gasteiger partial charge on any atom is 0.147 e. The van der Waals surface area contributed by atoms with Crippen LogP contribution in [0.25, 0.3) is 0 Å². The molecule has 2 aromatic rings. The molecule has 5 nitrogen and oxygen atoms in total. The van der Waals surface area contributed by atoms with E-state index in [2.05, 4.69) is 15.0 Å². The number of rotatable bonds is 4. The summed E-state index contributed by atoms with van der Waals surface area (Å²) in [6.45, 7) is 2.62. The summed E-state index contributed by atoms with van der Waals surface area (Å²) in [5.41, 5.74) is 6.72. The average molecular weight is 217 g/mol. The van der Waals surface area contributed by atoms with Crippen LogP contribution in [0.3, 0.4) is 0 Å². The van der Waals surface area contributed by atoms with Crippen LogP contribution in [0.1, 0.15) is 18.4 Å². The van der Waals surface area contributed by atoms with E-state index in [-0.39, 0.29) is 6.04 Å².